The lowest BCUT2D eigenvalue weighted by Crippen LogP contribution is -2.30. The van der Waals surface area contributed by atoms with Crippen LogP contribution >= 0.6 is 0 Å². The van der Waals surface area contributed by atoms with Gasteiger partial charge in [0.25, 0.3) is 5.91 Å². The number of nitrogens with one attached hydrogen (secondary N) is 1. The molecule has 7 nitrogen and oxygen atoms in total. The summed E-state index contributed by atoms with van der Waals surface area (Å²) in [6, 6.07) is 13.4. The Morgan fingerprint density at radius 3 is 2.54 bits per heavy atom. The number of fused-ring (bicyclic) bond motifs is 1. The number of hydrogen-bond acceptors (Lipinski definition) is 6. The summed E-state index contributed by atoms with van der Waals surface area (Å²) in [5.74, 6) is -0.177. The second kappa shape index (κ2) is 9.65. The molecule has 0 aliphatic carbocycles. The van der Waals surface area contributed by atoms with Gasteiger partial charge in [0, 0.05) is 18.5 Å². The fourth-order valence-corrected chi connectivity index (χ4v) is 4.60. The number of aryl methyl sites for hydroxylation is 1. The highest BCUT2D eigenvalue weighted by Crippen LogP contribution is 2.37. The fourth-order valence-electron chi connectivity index (χ4n) is 3.97. The van der Waals surface area contributed by atoms with E-state index in [2.05, 4.69) is 10.3 Å². The second-order valence-corrected chi connectivity index (χ2v) is 11.0. The van der Waals surface area contributed by atoms with Crippen molar-refractivity contribution in [2.75, 3.05) is 24.3 Å². The van der Waals surface area contributed by atoms with E-state index in [1.807, 2.05) is 30.9 Å². The molecule has 0 radical (unpaired) electrons. The minimum Gasteiger partial charge on any atom is -0.474 e. The number of carbonyl (C=O) groups is 1. The molecule has 1 N–H and O–H groups in total. The lowest BCUT2D eigenvalue weighted by Gasteiger charge is -2.31. The molecule has 0 saturated carbocycles. The first-order chi connectivity index (χ1) is 16.5. The summed E-state index contributed by atoms with van der Waals surface area (Å²) < 4.78 is 43.5. The highest BCUT2D eigenvalue weighted by atomic mass is 32.2. The lowest BCUT2D eigenvalue weighted by molar-refractivity contribution is 0.0944. The van der Waals surface area contributed by atoms with Gasteiger partial charge in [-0.15, -0.1) is 0 Å². The highest BCUT2D eigenvalue weighted by molar-refractivity contribution is 7.90. The molecule has 1 aromatic heterocycles. The highest BCUT2D eigenvalue weighted by Gasteiger charge is 2.24. The lowest BCUT2D eigenvalue weighted by atomic mass is 9.98. The van der Waals surface area contributed by atoms with Crippen LogP contribution in [0.1, 0.15) is 46.9 Å². The van der Waals surface area contributed by atoms with E-state index in [9.17, 15) is 17.6 Å². The molecule has 35 heavy (non-hydrogen) atoms. The van der Waals surface area contributed by atoms with Crippen LogP contribution in [0.5, 0.6) is 5.88 Å². The molecule has 1 amide bonds. The normalized spacial score (nSPS) is 13.4. The van der Waals surface area contributed by atoms with Crippen LogP contribution in [0, 0.1) is 12.7 Å². The Hall–Kier alpha value is -3.46. The maximum Gasteiger partial charge on any atom is 0.270 e. The van der Waals surface area contributed by atoms with Crippen molar-refractivity contribution in [1.29, 1.82) is 0 Å². The average Bonchev–Trinajstić information content (AvgIpc) is 2.83. The molecule has 2 aromatic carbocycles. The molecular formula is C26H28FN3O4S. The van der Waals surface area contributed by atoms with E-state index < -0.39 is 9.84 Å². The molecule has 0 saturated heterocycles. The van der Waals surface area contributed by atoms with Crippen molar-refractivity contribution in [3.8, 4) is 5.88 Å². The van der Waals surface area contributed by atoms with Gasteiger partial charge < -0.3 is 15.0 Å². The predicted octanol–water partition coefficient (Wildman–Crippen LogP) is 4.52. The van der Waals surface area contributed by atoms with Crippen molar-refractivity contribution in [1.82, 2.24) is 10.3 Å². The van der Waals surface area contributed by atoms with Crippen molar-refractivity contribution < 1.29 is 22.3 Å². The van der Waals surface area contributed by atoms with Gasteiger partial charge in [-0.1, -0.05) is 26.0 Å². The Balaban J connectivity index is 1.52. The largest absolute Gasteiger partial charge is 0.474 e. The smallest absolute Gasteiger partial charge is 0.270 e. The molecular weight excluding hydrogens is 469 g/mol. The number of benzene rings is 2. The molecule has 0 unspecified atom stereocenters. The number of sulfone groups is 1. The number of carbonyl (C=O) groups excluding carboxylic acids is 1. The van der Waals surface area contributed by atoms with Gasteiger partial charge in [-0.2, -0.15) is 0 Å². The minimum absolute atomic E-state index is 0.0425. The molecule has 184 valence electrons. The average molecular weight is 498 g/mol. The molecule has 0 spiro atoms. The van der Waals surface area contributed by atoms with E-state index in [1.54, 1.807) is 31.2 Å². The summed E-state index contributed by atoms with van der Waals surface area (Å²) in [7, 11) is -3.27. The van der Waals surface area contributed by atoms with Gasteiger partial charge in [-0.25, -0.2) is 17.8 Å². The van der Waals surface area contributed by atoms with Crippen LogP contribution < -0.4 is 15.0 Å². The molecule has 3 aromatic rings. The summed E-state index contributed by atoms with van der Waals surface area (Å²) in [4.78, 5) is 19.4. The number of ether oxygens (including phenoxy) is 1. The minimum atomic E-state index is -3.27. The molecule has 1 aliphatic rings. The molecule has 4 rings (SSSR count). The molecule has 9 heteroatoms. The van der Waals surface area contributed by atoms with Gasteiger partial charge in [0.15, 0.2) is 9.84 Å². The monoisotopic (exact) mass is 497 g/mol. The van der Waals surface area contributed by atoms with Crippen molar-refractivity contribution in [2.24, 2.45) is 0 Å². The molecule has 0 atom stereocenters. The maximum atomic E-state index is 14.6. The number of aromatic nitrogens is 1. The number of anilines is 2. The Kier molecular flexibility index (Phi) is 6.80. The van der Waals surface area contributed by atoms with Crippen LogP contribution in [-0.4, -0.2) is 38.7 Å². The predicted molar refractivity (Wildman–Crippen MR) is 133 cm³/mol. The van der Waals surface area contributed by atoms with Gasteiger partial charge in [0.05, 0.1) is 11.4 Å². The van der Waals surface area contributed by atoms with Crippen molar-refractivity contribution in [3.05, 3.63) is 76.7 Å². The van der Waals surface area contributed by atoms with Gasteiger partial charge in [-0.3, -0.25) is 4.79 Å². The first kappa shape index (κ1) is 24.7. The van der Waals surface area contributed by atoms with Crippen LogP contribution in [0.25, 0.3) is 0 Å². The zero-order chi connectivity index (χ0) is 25.3. The number of halogens is 1. The molecule has 2 heterocycles. The first-order valence-electron chi connectivity index (χ1n) is 11.3. The number of pyridine rings is 1. The van der Waals surface area contributed by atoms with Crippen LogP contribution in [0.2, 0.25) is 0 Å². The number of rotatable bonds is 6. The quantitative estimate of drug-likeness (QED) is 0.539. The number of nitrogens with zero attached hydrogens (tertiary/aromatic N) is 2. The van der Waals surface area contributed by atoms with Crippen LogP contribution in [-0.2, 0) is 16.4 Å². The van der Waals surface area contributed by atoms with E-state index in [0.717, 1.165) is 17.5 Å². The second-order valence-electron chi connectivity index (χ2n) is 8.94. The van der Waals surface area contributed by atoms with Crippen LogP contribution in [0.4, 0.5) is 15.8 Å². The third kappa shape index (κ3) is 5.30. The number of hydrogen-bond donors (Lipinski definition) is 1. The van der Waals surface area contributed by atoms with Gasteiger partial charge >= 0.3 is 0 Å². The SMILES string of the molecule is Cc1cc(N2CCOc3nc(C(=O)NCc4ccc(S(C)(=O)=O)cc4)ccc32)cc(C(C)C)c1F. The maximum absolute atomic E-state index is 14.6. The van der Waals surface area contributed by atoms with E-state index in [-0.39, 0.29) is 34.8 Å². The Bertz CT molecular complexity index is 1370. The van der Waals surface area contributed by atoms with E-state index >= 15 is 0 Å². The summed E-state index contributed by atoms with van der Waals surface area (Å²) in [6.45, 7) is 6.86. The molecule has 0 bridgehead atoms. The topological polar surface area (TPSA) is 88.6 Å². The third-order valence-electron chi connectivity index (χ3n) is 5.92. The van der Waals surface area contributed by atoms with Crippen molar-refractivity contribution >= 4 is 27.1 Å². The van der Waals surface area contributed by atoms with Gasteiger partial charge in [-0.05, 0) is 65.9 Å². The van der Waals surface area contributed by atoms with Crippen molar-refractivity contribution in [2.45, 2.75) is 38.1 Å². The summed E-state index contributed by atoms with van der Waals surface area (Å²) >= 11 is 0. The van der Waals surface area contributed by atoms with Crippen LogP contribution in [0.15, 0.2) is 53.4 Å². The van der Waals surface area contributed by atoms with E-state index in [4.69, 9.17) is 4.74 Å². The summed E-state index contributed by atoms with van der Waals surface area (Å²) in [6.07, 6.45) is 1.15. The Morgan fingerprint density at radius 1 is 1.17 bits per heavy atom. The van der Waals surface area contributed by atoms with E-state index in [0.29, 0.717) is 35.8 Å². The fraction of sp³-hybridized carbons (Fsp3) is 0.308. The third-order valence-corrected chi connectivity index (χ3v) is 7.05. The van der Waals surface area contributed by atoms with E-state index in [1.165, 1.54) is 12.1 Å². The van der Waals surface area contributed by atoms with Gasteiger partial charge in [0.2, 0.25) is 5.88 Å². The number of amides is 1. The molecule has 0 fully saturated rings. The molecule has 1 aliphatic heterocycles. The standard InChI is InChI=1S/C26H28FN3O4S/c1-16(2)21-14-19(13-17(3)24(21)27)30-11-12-34-26-23(30)10-9-22(29-26)25(31)28-15-18-5-7-20(8-6-18)35(4,32)33/h5-10,13-14,16H,11-12,15H2,1-4H3,(H,28,31). The van der Waals surface area contributed by atoms with Crippen molar-refractivity contribution in [3.63, 3.8) is 0 Å². The zero-order valence-corrected chi connectivity index (χ0v) is 20.9. The zero-order valence-electron chi connectivity index (χ0n) is 20.1. The first-order valence-corrected chi connectivity index (χ1v) is 13.2. The van der Waals surface area contributed by atoms with Crippen LogP contribution in [0.3, 0.4) is 0 Å². The summed E-state index contributed by atoms with van der Waals surface area (Å²) in [5, 5.41) is 2.80. The summed E-state index contributed by atoms with van der Waals surface area (Å²) in [5.41, 5.74) is 3.77. The Morgan fingerprint density at radius 2 is 1.89 bits per heavy atom. The van der Waals surface area contributed by atoms with Gasteiger partial charge in [0.1, 0.15) is 23.8 Å². The Labute approximate surface area is 204 Å².